The Bertz CT molecular complexity index is 471. The van der Waals surface area contributed by atoms with Gasteiger partial charge in [-0.3, -0.25) is 9.69 Å². The van der Waals surface area contributed by atoms with E-state index in [1.165, 1.54) is 0 Å². The SMILES string of the molecule is CCc1ccc(CN2C[C@@H]3[C@@H](C2)OCC(=O)N3C)o1. The Labute approximate surface area is 113 Å². The molecule has 0 aliphatic carbocycles. The Morgan fingerprint density at radius 2 is 2.11 bits per heavy atom. The Kier molecular flexibility index (Phi) is 3.33. The molecule has 0 aromatic carbocycles. The maximum absolute atomic E-state index is 11.6. The van der Waals surface area contributed by atoms with Gasteiger partial charge in [0.15, 0.2) is 0 Å². The number of likely N-dealkylation sites (N-methyl/N-ethyl adjacent to an activating group) is 1. The van der Waals surface area contributed by atoms with Gasteiger partial charge in [-0.05, 0) is 12.1 Å². The van der Waals surface area contributed by atoms with Crippen molar-refractivity contribution >= 4 is 5.91 Å². The van der Waals surface area contributed by atoms with Gasteiger partial charge in [0.2, 0.25) is 5.91 Å². The summed E-state index contributed by atoms with van der Waals surface area (Å²) in [5, 5.41) is 0. The van der Waals surface area contributed by atoms with Crippen molar-refractivity contribution in [3.63, 3.8) is 0 Å². The number of fused-ring (bicyclic) bond motifs is 1. The maximum atomic E-state index is 11.6. The number of nitrogens with zero attached hydrogens (tertiary/aromatic N) is 2. The third kappa shape index (κ3) is 2.40. The summed E-state index contributed by atoms with van der Waals surface area (Å²) in [5.74, 6) is 2.09. The number of morpholine rings is 1. The van der Waals surface area contributed by atoms with Crippen LogP contribution < -0.4 is 0 Å². The summed E-state index contributed by atoms with van der Waals surface area (Å²) < 4.78 is 11.3. The van der Waals surface area contributed by atoms with Crippen LogP contribution in [0, 0.1) is 0 Å². The van der Waals surface area contributed by atoms with Crippen LogP contribution in [-0.4, -0.2) is 54.6 Å². The molecule has 0 N–H and O–H groups in total. The molecule has 3 heterocycles. The number of hydrogen-bond donors (Lipinski definition) is 0. The summed E-state index contributed by atoms with van der Waals surface area (Å²) in [6.45, 7) is 4.81. The number of carbonyl (C=O) groups is 1. The first kappa shape index (κ1) is 12.7. The summed E-state index contributed by atoms with van der Waals surface area (Å²) >= 11 is 0. The lowest BCUT2D eigenvalue weighted by molar-refractivity contribution is -0.150. The van der Waals surface area contributed by atoms with Crippen molar-refractivity contribution in [2.45, 2.75) is 32.0 Å². The van der Waals surface area contributed by atoms with E-state index >= 15 is 0 Å². The molecule has 5 nitrogen and oxygen atoms in total. The predicted octanol–water partition coefficient (Wildman–Crippen LogP) is 0.883. The number of amides is 1. The molecular weight excluding hydrogens is 244 g/mol. The first-order chi connectivity index (χ1) is 9.17. The standard InChI is InChI=1S/C14H20N2O3/c1-3-10-4-5-11(19-10)6-16-7-12-13(8-16)18-9-14(17)15(12)2/h4-5,12-13H,3,6-9H2,1-2H3/t12-,13-/m1/s1. The van der Waals surface area contributed by atoms with Crippen LogP contribution in [0.15, 0.2) is 16.5 Å². The molecule has 0 spiro atoms. The van der Waals surface area contributed by atoms with Crippen LogP contribution in [0.25, 0.3) is 0 Å². The monoisotopic (exact) mass is 264 g/mol. The molecule has 0 saturated carbocycles. The van der Waals surface area contributed by atoms with Crippen LogP contribution in [0.3, 0.4) is 0 Å². The van der Waals surface area contributed by atoms with Gasteiger partial charge in [-0.15, -0.1) is 0 Å². The van der Waals surface area contributed by atoms with E-state index in [-0.39, 0.29) is 24.7 Å². The van der Waals surface area contributed by atoms with Gasteiger partial charge in [0.25, 0.3) is 0 Å². The lowest BCUT2D eigenvalue weighted by atomic mass is 10.1. The molecule has 2 aliphatic heterocycles. The Morgan fingerprint density at radius 3 is 2.84 bits per heavy atom. The second-order valence-corrected chi connectivity index (χ2v) is 5.34. The topological polar surface area (TPSA) is 45.9 Å². The van der Waals surface area contributed by atoms with Crippen molar-refractivity contribution < 1.29 is 13.9 Å². The fourth-order valence-electron chi connectivity index (χ4n) is 2.88. The summed E-state index contributed by atoms with van der Waals surface area (Å²) in [6.07, 6.45) is 1.06. The zero-order valence-corrected chi connectivity index (χ0v) is 11.5. The Hall–Kier alpha value is -1.33. The fourth-order valence-corrected chi connectivity index (χ4v) is 2.88. The van der Waals surface area contributed by atoms with E-state index in [9.17, 15) is 4.79 Å². The minimum Gasteiger partial charge on any atom is -0.465 e. The minimum absolute atomic E-state index is 0.0781. The smallest absolute Gasteiger partial charge is 0.248 e. The highest BCUT2D eigenvalue weighted by Gasteiger charge is 2.41. The summed E-state index contributed by atoms with van der Waals surface area (Å²) in [4.78, 5) is 15.7. The van der Waals surface area contributed by atoms with E-state index < -0.39 is 0 Å². The average Bonchev–Trinajstić information content (AvgIpc) is 3.01. The van der Waals surface area contributed by atoms with Gasteiger partial charge >= 0.3 is 0 Å². The number of furan rings is 1. The predicted molar refractivity (Wildman–Crippen MR) is 69.7 cm³/mol. The van der Waals surface area contributed by atoms with E-state index in [0.717, 1.165) is 37.6 Å². The molecule has 0 unspecified atom stereocenters. The molecule has 0 radical (unpaired) electrons. The van der Waals surface area contributed by atoms with Crippen LogP contribution in [-0.2, 0) is 22.5 Å². The van der Waals surface area contributed by atoms with Crippen molar-refractivity contribution in [2.24, 2.45) is 0 Å². The van der Waals surface area contributed by atoms with Gasteiger partial charge < -0.3 is 14.1 Å². The van der Waals surface area contributed by atoms with Gasteiger partial charge in [0, 0.05) is 26.6 Å². The summed E-state index contributed by atoms with van der Waals surface area (Å²) in [7, 11) is 1.87. The minimum atomic E-state index is 0.0781. The first-order valence-corrected chi connectivity index (χ1v) is 6.84. The molecule has 3 rings (SSSR count). The van der Waals surface area contributed by atoms with Crippen molar-refractivity contribution in [3.8, 4) is 0 Å². The van der Waals surface area contributed by atoms with E-state index in [1.807, 2.05) is 24.1 Å². The normalized spacial score (nSPS) is 27.9. The fraction of sp³-hybridized carbons (Fsp3) is 0.643. The zero-order chi connectivity index (χ0) is 13.4. The molecule has 2 aliphatic rings. The van der Waals surface area contributed by atoms with E-state index in [1.54, 1.807) is 0 Å². The van der Waals surface area contributed by atoms with Crippen LogP contribution in [0.5, 0.6) is 0 Å². The first-order valence-electron chi connectivity index (χ1n) is 6.84. The van der Waals surface area contributed by atoms with E-state index in [4.69, 9.17) is 9.15 Å². The number of carbonyl (C=O) groups excluding carboxylic acids is 1. The molecule has 1 aromatic heterocycles. The molecule has 0 bridgehead atoms. The highest BCUT2D eigenvalue weighted by atomic mass is 16.5. The number of ether oxygens (including phenoxy) is 1. The zero-order valence-electron chi connectivity index (χ0n) is 11.5. The number of hydrogen-bond acceptors (Lipinski definition) is 4. The van der Waals surface area contributed by atoms with Gasteiger partial charge in [-0.2, -0.15) is 0 Å². The van der Waals surface area contributed by atoms with Crippen LogP contribution in [0.4, 0.5) is 0 Å². The molecule has 2 atom stereocenters. The molecule has 2 saturated heterocycles. The summed E-state index contributed by atoms with van der Waals surface area (Å²) in [5.41, 5.74) is 0. The van der Waals surface area contributed by atoms with E-state index in [2.05, 4.69) is 11.8 Å². The molecule has 5 heteroatoms. The van der Waals surface area contributed by atoms with Crippen molar-refractivity contribution in [3.05, 3.63) is 23.7 Å². The van der Waals surface area contributed by atoms with Gasteiger partial charge in [-0.1, -0.05) is 6.92 Å². The highest BCUT2D eigenvalue weighted by molar-refractivity contribution is 5.78. The molecule has 2 fully saturated rings. The third-order valence-corrected chi connectivity index (χ3v) is 4.07. The van der Waals surface area contributed by atoms with Crippen LogP contribution >= 0.6 is 0 Å². The Balaban J connectivity index is 1.63. The lowest BCUT2D eigenvalue weighted by Gasteiger charge is -2.33. The third-order valence-electron chi connectivity index (χ3n) is 4.07. The second kappa shape index (κ2) is 4.98. The van der Waals surface area contributed by atoms with Gasteiger partial charge in [-0.25, -0.2) is 0 Å². The van der Waals surface area contributed by atoms with Gasteiger partial charge in [0.05, 0.1) is 18.7 Å². The largest absolute Gasteiger partial charge is 0.465 e. The number of rotatable bonds is 3. The molecule has 19 heavy (non-hydrogen) atoms. The second-order valence-electron chi connectivity index (χ2n) is 5.34. The average molecular weight is 264 g/mol. The van der Waals surface area contributed by atoms with Crippen LogP contribution in [0.2, 0.25) is 0 Å². The highest BCUT2D eigenvalue weighted by Crippen LogP contribution is 2.24. The summed E-state index contributed by atoms with van der Waals surface area (Å²) in [6, 6.07) is 4.25. The molecule has 1 amide bonds. The maximum Gasteiger partial charge on any atom is 0.248 e. The molecule has 104 valence electrons. The Morgan fingerprint density at radius 1 is 1.32 bits per heavy atom. The molecule has 1 aromatic rings. The molecular formula is C14H20N2O3. The lowest BCUT2D eigenvalue weighted by Crippen LogP contribution is -2.51. The van der Waals surface area contributed by atoms with E-state index in [0.29, 0.717) is 0 Å². The van der Waals surface area contributed by atoms with Crippen molar-refractivity contribution in [2.75, 3.05) is 26.7 Å². The van der Waals surface area contributed by atoms with Gasteiger partial charge in [0.1, 0.15) is 18.1 Å². The van der Waals surface area contributed by atoms with Crippen molar-refractivity contribution in [1.82, 2.24) is 9.80 Å². The van der Waals surface area contributed by atoms with Crippen LogP contribution in [0.1, 0.15) is 18.4 Å². The van der Waals surface area contributed by atoms with Crippen molar-refractivity contribution in [1.29, 1.82) is 0 Å². The number of aryl methyl sites for hydroxylation is 1. The quantitative estimate of drug-likeness (QED) is 0.813. The number of likely N-dealkylation sites (tertiary alicyclic amines) is 1.